The second-order valence-electron chi connectivity index (χ2n) is 6.15. The SMILES string of the molecule is Cc1ccc(Cl)cc1NC(=O)c1nn(C(C)C)c(=O)c2ccccc12. The summed E-state index contributed by atoms with van der Waals surface area (Å²) in [4.78, 5) is 25.4. The Labute approximate surface area is 150 Å². The number of rotatable bonds is 3. The Morgan fingerprint density at radius 1 is 1.16 bits per heavy atom. The largest absolute Gasteiger partial charge is 0.320 e. The van der Waals surface area contributed by atoms with Gasteiger partial charge in [-0.1, -0.05) is 35.9 Å². The molecule has 128 valence electrons. The molecule has 0 bridgehead atoms. The van der Waals surface area contributed by atoms with Gasteiger partial charge >= 0.3 is 0 Å². The quantitative estimate of drug-likeness (QED) is 0.766. The molecule has 1 N–H and O–H groups in total. The van der Waals surface area contributed by atoms with Crippen LogP contribution < -0.4 is 10.9 Å². The van der Waals surface area contributed by atoms with Gasteiger partial charge in [0.2, 0.25) is 0 Å². The summed E-state index contributed by atoms with van der Waals surface area (Å²) in [5.74, 6) is -0.379. The van der Waals surface area contributed by atoms with Crippen LogP contribution in [0.2, 0.25) is 5.02 Å². The molecule has 1 heterocycles. The van der Waals surface area contributed by atoms with Gasteiger partial charge in [0.05, 0.1) is 11.4 Å². The molecule has 0 atom stereocenters. The van der Waals surface area contributed by atoms with Crippen molar-refractivity contribution < 1.29 is 4.79 Å². The first-order chi connectivity index (χ1) is 11.9. The van der Waals surface area contributed by atoms with Crippen molar-refractivity contribution in [2.24, 2.45) is 0 Å². The van der Waals surface area contributed by atoms with E-state index in [4.69, 9.17) is 11.6 Å². The van der Waals surface area contributed by atoms with E-state index < -0.39 is 0 Å². The fourth-order valence-electron chi connectivity index (χ4n) is 2.63. The van der Waals surface area contributed by atoms with Crippen LogP contribution >= 0.6 is 11.6 Å². The molecule has 0 fully saturated rings. The number of hydrogen-bond acceptors (Lipinski definition) is 3. The van der Waals surface area contributed by atoms with Crippen molar-refractivity contribution in [2.75, 3.05) is 5.32 Å². The third kappa shape index (κ3) is 3.28. The van der Waals surface area contributed by atoms with Crippen LogP contribution in [0.25, 0.3) is 10.8 Å². The third-order valence-electron chi connectivity index (χ3n) is 3.98. The van der Waals surface area contributed by atoms with Crippen molar-refractivity contribution in [3.63, 3.8) is 0 Å². The summed E-state index contributed by atoms with van der Waals surface area (Å²) in [5.41, 5.74) is 1.51. The van der Waals surface area contributed by atoms with Crippen LogP contribution in [0, 0.1) is 6.92 Å². The predicted molar refractivity (Wildman–Crippen MR) is 101 cm³/mol. The molecule has 25 heavy (non-hydrogen) atoms. The molecule has 0 unspecified atom stereocenters. The maximum absolute atomic E-state index is 12.8. The van der Waals surface area contributed by atoms with Gasteiger partial charge in [-0.15, -0.1) is 0 Å². The first-order valence-electron chi connectivity index (χ1n) is 7.97. The third-order valence-corrected chi connectivity index (χ3v) is 4.22. The van der Waals surface area contributed by atoms with Crippen molar-refractivity contribution in [3.05, 3.63) is 69.1 Å². The molecule has 0 aliphatic rings. The minimum Gasteiger partial charge on any atom is -0.320 e. The molecule has 3 aromatic rings. The fourth-order valence-corrected chi connectivity index (χ4v) is 2.81. The van der Waals surface area contributed by atoms with Crippen molar-refractivity contribution in [3.8, 4) is 0 Å². The van der Waals surface area contributed by atoms with Crippen molar-refractivity contribution >= 4 is 34.0 Å². The number of nitrogens with one attached hydrogen (secondary N) is 1. The minimum absolute atomic E-state index is 0.156. The molecule has 3 rings (SSSR count). The normalized spacial score (nSPS) is 11.1. The predicted octanol–water partition coefficient (Wildman–Crippen LogP) is 4.19. The first-order valence-corrected chi connectivity index (χ1v) is 8.35. The summed E-state index contributed by atoms with van der Waals surface area (Å²) in [7, 11) is 0. The highest BCUT2D eigenvalue weighted by molar-refractivity contribution is 6.31. The summed E-state index contributed by atoms with van der Waals surface area (Å²) in [6.07, 6.45) is 0. The number of hydrogen-bond donors (Lipinski definition) is 1. The summed E-state index contributed by atoms with van der Waals surface area (Å²) in [6.45, 7) is 5.59. The highest BCUT2D eigenvalue weighted by Gasteiger charge is 2.18. The number of benzene rings is 2. The van der Waals surface area contributed by atoms with E-state index in [9.17, 15) is 9.59 Å². The van der Waals surface area contributed by atoms with Gasteiger partial charge in [-0.05, 0) is 44.5 Å². The maximum Gasteiger partial charge on any atom is 0.276 e. The van der Waals surface area contributed by atoms with Crippen molar-refractivity contribution in [2.45, 2.75) is 26.8 Å². The maximum atomic E-state index is 12.8. The molecule has 0 saturated heterocycles. The zero-order valence-corrected chi connectivity index (χ0v) is 15.0. The molecule has 0 radical (unpaired) electrons. The molecule has 6 heteroatoms. The van der Waals surface area contributed by atoms with Gasteiger partial charge < -0.3 is 5.32 Å². The molecule has 0 aliphatic carbocycles. The van der Waals surface area contributed by atoms with Gasteiger partial charge in [-0.3, -0.25) is 9.59 Å². The summed E-state index contributed by atoms with van der Waals surface area (Å²) >= 11 is 6.02. The highest BCUT2D eigenvalue weighted by atomic mass is 35.5. The van der Waals surface area contributed by atoms with E-state index in [0.29, 0.717) is 21.5 Å². The van der Waals surface area contributed by atoms with Gasteiger partial charge in [0.1, 0.15) is 0 Å². The fraction of sp³-hybridized carbons (Fsp3) is 0.211. The Kier molecular flexibility index (Phi) is 4.59. The summed E-state index contributed by atoms with van der Waals surface area (Å²) < 4.78 is 1.34. The van der Waals surface area contributed by atoms with Gasteiger partial charge in [0, 0.05) is 16.1 Å². The van der Waals surface area contributed by atoms with E-state index in [0.717, 1.165) is 5.56 Å². The second-order valence-corrected chi connectivity index (χ2v) is 6.59. The number of halogens is 1. The lowest BCUT2D eigenvalue weighted by Gasteiger charge is -2.14. The first kappa shape index (κ1) is 17.2. The van der Waals surface area contributed by atoms with Crippen LogP contribution in [0.1, 0.15) is 35.9 Å². The molecule has 5 nitrogen and oxygen atoms in total. The smallest absolute Gasteiger partial charge is 0.276 e. The van der Waals surface area contributed by atoms with E-state index in [1.807, 2.05) is 26.8 Å². The van der Waals surface area contributed by atoms with Crippen molar-refractivity contribution in [1.29, 1.82) is 0 Å². The Hall–Kier alpha value is -2.66. The van der Waals surface area contributed by atoms with Crippen LogP contribution in [-0.2, 0) is 0 Å². The average molecular weight is 356 g/mol. The van der Waals surface area contributed by atoms with E-state index in [1.54, 1.807) is 36.4 Å². The number of anilines is 1. The van der Waals surface area contributed by atoms with E-state index >= 15 is 0 Å². The van der Waals surface area contributed by atoms with E-state index in [2.05, 4.69) is 10.4 Å². The zero-order valence-electron chi connectivity index (χ0n) is 14.2. The van der Waals surface area contributed by atoms with Gasteiger partial charge in [0.15, 0.2) is 5.69 Å². The average Bonchev–Trinajstić information content (AvgIpc) is 2.58. The number of fused-ring (bicyclic) bond motifs is 1. The summed E-state index contributed by atoms with van der Waals surface area (Å²) in [5, 5.41) is 8.68. The zero-order chi connectivity index (χ0) is 18.1. The molecule has 2 aromatic carbocycles. The molecule has 0 spiro atoms. The summed E-state index contributed by atoms with van der Waals surface area (Å²) in [6, 6.07) is 12.1. The van der Waals surface area contributed by atoms with Crippen LogP contribution in [0.4, 0.5) is 5.69 Å². The number of carbonyl (C=O) groups is 1. The topological polar surface area (TPSA) is 64.0 Å². The van der Waals surface area contributed by atoms with Crippen LogP contribution in [0.15, 0.2) is 47.3 Å². The molecule has 1 amide bonds. The molecule has 1 aromatic heterocycles. The van der Waals surface area contributed by atoms with E-state index in [-0.39, 0.29) is 23.2 Å². The highest BCUT2D eigenvalue weighted by Crippen LogP contribution is 2.22. The minimum atomic E-state index is -0.379. The molecular weight excluding hydrogens is 338 g/mol. The van der Waals surface area contributed by atoms with Gasteiger partial charge in [0.25, 0.3) is 11.5 Å². The second kappa shape index (κ2) is 6.69. The Morgan fingerprint density at radius 3 is 2.52 bits per heavy atom. The number of aromatic nitrogens is 2. The Balaban J connectivity index is 2.14. The van der Waals surface area contributed by atoms with Gasteiger partial charge in [-0.2, -0.15) is 5.10 Å². The molecule has 0 aliphatic heterocycles. The van der Waals surface area contributed by atoms with Crippen LogP contribution in [-0.4, -0.2) is 15.7 Å². The lowest BCUT2D eigenvalue weighted by atomic mass is 10.1. The van der Waals surface area contributed by atoms with Crippen LogP contribution in [0.3, 0.4) is 0 Å². The number of carbonyl (C=O) groups excluding carboxylic acids is 1. The van der Waals surface area contributed by atoms with E-state index in [1.165, 1.54) is 4.68 Å². The molecule has 0 saturated carbocycles. The van der Waals surface area contributed by atoms with Gasteiger partial charge in [-0.25, -0.2) is 4.68 Å². The Morgan fingerprint density at radius 2 is 1.84 bits per heavy atom. The number of aryl methyl sites for hydroxylation is 1. The monoisotopic (exact) mass is 355 g/mol. The van der Waals surface area contributed by atoms with Crippen LogP contribution in [0.5, 0.6) is 0 Å². The van der Waals surface area contributed by atoms with Crippen molar-refractivity contribution in [1.82, 2.24) is 9.78 Å². The standard InChI is InChI=1S/C19H18ClN3O2/c1-11(2)23-19(25)15-7-5-4-6-14(15)17(22-23)18(24)21-16-10-13(20)9-8-12(16)3/h4-11H,1-3H3,(H,21,24). The lowest BCUT2D eigenvalue weighted by Crippen LogP contribution is -2.29. The Bertz CT molecular complexity index is 1020. The molecular formula is C19H18ClN3O2. The number of amides is 1. The lowest BCUT2D eigenvalue weighted by molar-refractivity contribution is 0.102. The number of nitrogens with zero attached hydrogens (tertiary/aromatic N) is 2.